The highest BCUT2D eigenvalue weighted by Crippen LogP contribution is 2.18. The van der Waals surface area contributed by atoms with Crippen molar-refractivity contribution < 1.29 is 9.21 Å². The van der Waals surface area contributed by atoms with Crippen LogP contribution in [-0.2, 0) is 17.6 Å². The zero-order chi connectivity index (χ0) is 16.1. The highest BCUT2D eigenvalue weighted by molar-refractivity contribution is 5.84. The molecule has 0 fully saturated rings. The van der Waals surface area contributed by atoms with Crippen molar-refractivity contribution in [2.45, 2.75) is 38.6 Å². The Hall–Kier alpha value is -2.49. The molecule has 2 N–H and O–H groups in total. The molecule has 0 aliphatic rings. The number of aryl methyl sites for hydroxylation is 2. The van der Waals surface area contributed by atoms with Crippen molar-refractivity contribution in [3.8, 4) is 0 Å². The molecule has 0 aliphatic carbocycles. The van der Waals surface area contributed by atoms with Crippen LogP contribution in [0.3, 0.4) is 0 Å². The number of carbonyl (C=O) groups excluding carboxylic acids is 1. The Morgan fingerprint density at radius 1 is 1.22 bits per heavy atom. The number of furan rings is 1. The summed E-state index contributed by atoms with van der Waals surface area (Å²) >= 11 is 0. The van der Waals surface area contributed by atoms with E-state index >= 15 is 0 Å². The van der Waals surface area contributed by atoms with E-state index in [4.69, 9.17) is 4.42 Å². The van der Waals surface area contributed by atoms with E-state index in [1.807, 2.05) is 37.4 Å². The number of nitrogens with one attached hydrogen (secondary N) is 2. The van der Waals surface area contributed by atoms with Crippen molar-refractivity contribution in [2.75, 3.05) is 0 Å². The van der Waals surface area contributed by atoms with Crippen molar-refractivity contribution in [3.63, 3.8) is 0 Å². The Labute approximate surface area is 135 Å². The van der Waals surface area contributed by atoms with E-state index in [0.29, 0.717) is 6.42 Å². The minimum Gasteiger partial charge on any atom is -0.469 e. The molecule has 1 aromatic carbocycles. The molecule has 0 saturated heterocycles. The SMILES string of the molecule is C[C@H](CCc1ccco1)NC(=O)CCc1c[nH]c2ccccc12. The maximum absolute atomic E-state index is 12.1. The number of hydrogen-bond donors (Lipinski definition) is 2. The number of carbonyl (C=O) groups is 1. The number of para-hydroxylation sites is 1. The zero-order valence-electron chi connectivity index (χ0n) is 13.3. The van der Waals surface area contributed by atoms with Crippen molar-refractivity contribution >= 4 is 16.8 Å². The summed E-state index contributed by atoms with van der Waals surface area (Å²) in [7, 11) is 0. The van der Waals surface area contributed by atoms with E-state index in [2.05, 4.69) is 22.4 Å². The van der Waals surface area contributed by atoms with Gasteiger partial charge < -0.3 is 14.7 Å². The van der Waals surface area contributed by atoms with Crippen molar-refractivity contribution in [1.82, 2.24) is 10.3 Å². The minimum absolute atomic E-state index is 0.0993. The molecule has 0 aliphatic heterocycles. The number of hydrogen-bond acceptors (Lipinski definition) is 2. The highest BCUT2D eigenvalue weighted by atomic mass is 16.3. The maximum atomic E-state index is 12.1. The molecule has 3 aromatic rings. The lowest BCUT2D eigenvalue weighted by atomic mass is 10.1. The van der Waals surface area contributed by atoms with Gasteiger partial charge >= 0.3 is 0 Å². The van der Waals surface area contributed by atoms with Crippen LogP contribution in [0, 0.1) is 0 Å². The number of aromatic nitrogens is 1. The Bertz CT molecular complexity index is 759. The van der Waals surface area contributed by atoms with Crippen molar-refractivity contribution in [3.05, 3.63) is 60.2 Å². The first-order valence-corrected chi connectivity index (χ1v) is 8.09. The van der Waals surface area contributed by atoms with Gasteiger partial charge in [-0.25, -0.2) is 0 Å². The predicted octanol–water partition coefficient (Wildman–Crippen LogP) is 3.83. The van der Waals surface area contributed by atoms with Crippen LogP contribution >= 0.6 is 0 Å². The monoisotopic (exact) mass is 310 g/mol. The van der Waals surface area contributed by atoms with Crippen LogP contribution in [0.25, 0.3) is 10.9 Å². The summed E-state index contributed by atoms with van der Waals surface area (Å²) in [6.07, 6.45) is 6.66. The fourth-order valence-corrected chi connectivity index (χ4v) is 2.82. The van der Waals surface area contributed by atoms with Crippen LogP contribution in [0.2, 0.25) is 0 Å². The molecular formula is C19H22N2O2. The molecule has 0 radical (unpaired) electrons. The zero-order valence-corrected chi connectivity index (χ0v) is 13.3. The van der Waals surface area contributed by atoms with Gasteiger partial charge in [-0.1, -0.05) is 18.2 Å². The van der Waals surface area contributed by atoms with Gasteiger partial charge in [-0.15, -0.1) is 0 Å². The third-order valence-corrected chi connectivity index (χ3v) is 4.11. The molecule has 0 spiro atoms. The Morgan fingerprint density at radius 3 is 2.91 bits per heavy atom. The van der Waals surface area contributed by atoms with E-state index in [9.17, 15) is 4.79 Å². The lowest BCUT2D eigenvalue weighted by Gasteiger charge is -2.13. The summed E-state index contributed by atoms with van der Waals surface area (Å²) in [6.45, 7) is 2.03. The van der Waals surface area contributed by atoms with Gasteiger partial charge in [-0.2, -0.15) is 0 Å². The fourth-order valence-electron chi connectivity index (χ4n) is 2.82. The Kier molecular flexibility index (Phi) is 4.81. The van der Waals surface area contributed by atoms with Crippen molar-refractivity contribution in [1.29, 1.82) is 0 Å². The van der Waals surface area contributed by atoms with Gasteiger partial charge in [-0.05, 0) is 43.5 Å². The van der Waals surface area contributed by atoms with Crippen LogP contribution in [0.4, 0.5) is 0 Å². The molecule has 1 atom stereocenters. The molecule has 4 nitrogen and oxygen atoms in total. The van der Waals surface area contributed by atoms with Crippen LogP contribution < -0.4 is 5.32 Å². The molecule has 120 valence electrons. The molecule has 2 heterocycles. The number of fused-ring (bicyclic) bond motifs is 1. The predicted molar refractivity (Wildman–Crippen MR) is 91.3 cm³/mol. The summed E-state index contributed by atoms with van der Waals surface area (Å²) in [5.41, 5.74) is 2.31. The van der Waals surface area contributed by atoms with Crippen LogP contribution in [-0.4, -0.2) is 16.9 Å². The van der Waals surface area contributed by atoms with Gasteiger partial charge in [0.25, 0.3) is 0 Å². The number of rotatable bonds is 7. The van der Waals surface area contributed by atoms with E-state index in [1.54, 1.807) is 6.26 Å². The van der Waals surface area contributed by atoms with Gasteiger partial charge in [0, 0.05) is 36.0 Å². The lowest BCUT2D eigenvalue weighted by Crippen LogP contribution is -2.33. The third kappa shape index (κ3) is 4.03. The summed E-state index contributed by atoms with van der Waals surface area (Å²) in [6, 6.07) is 12.2. The number of benzene rings is 1. The average molecular weight is 310 g/mol. The second-order valence-corrected chi connectivity index (χ2v) is 5.95. The molecule has 3 rings (SSSR count). The van der Waals surface area contributed by atoms with E-state index < -0.39 is 0 Å². The van der Waals surface area contributed by atoms with Crippen molar-refractivity contribution in [2.24, 2.45) is 0 Å². The summed E-state index contributed by atoms with van der Waals surface area (Å²) in [5.74, 6) is 1.06. The summed E-state index contributed by atoms with van der Waals surface area (Å²) in [5, 5.41) is 4.26. The Balaban J connectivity index is 1.45. The molecule has 2 aromatic heterocycles. The highest BCUT2D eigenvalue weighted by Gasteiger charge is 2.10. The van der Waals surface area contributed by atoms with E-state index in [1.165, 1.54) is 10.9 Å². The molecule has 0 bridgehead atoms. The first kappa shape index (κ1) is 15.4. The van der Waals surface area contributed by atoms with Gasteiger partial charge in [0.05, 0.1) is 6.26 Å². The lowest BCUT2D eigenvalue weighted by molar-refractivity contribution is -0.121. The summed E-state index contributed by atoms with van der Waals surface area (Å²) in [4.78, 5) is 15.3. The smallest absolute Gasteiger partial charge is 0.220 e. The molecule has 0 saturated carbocycles. The fraction of sp³-hybridized carbons (Fsp3) is 0.316. The number of amides is 1. The Morgan fingerprint density at radius 2 is 2.09 bits per heavy atom. The number of H-pyrrole nitrogens is 1. The maximum Gasteiger partial charge on any atom is 0.220 e. The minimum atomic E-state index is 0.0993. The first-order valence-electron chi connectivity index (χ1n) is 8.09. The largest absolute Gasteiger partial charge is 0.469 e. The van der Waals surface area contributed by atoms with Gasteiger partial charge in [0.15, 0.2) is 0 Å². The van der Waals surface area contributed by atoms with Gasteiger partial charge in [0.1, 0.15) is 5.76 Å². The van der Waals surface area contributed by atoms with Crippen LogP contribution in [0.1, 0.15) is 31.1 Å². The molecular weight excluding hydrogens is 288 g/mol. The first-order chi connectivity index (χ1) is 11.2. The molecule has 0 unspecified atom stereocenters. The topological polar surface area (TPSA) is 58.0 Å². The standard InChI is InChI=1S/C19H22N2O2/c1-14(8-10-16-5-4-12-23-16)21-19(22)11-9-15-13-20-18-7-3-2-6-17(15)18/h2-7,12-14,20H,8-11H2,1H3,(H,21,22)/t14-/m1/s1. The second-order valence-electron chi connectivity index (χ2n) is 5.95. The molecule has 1 amide bonds. The average Bonchev–Trinajstić information content (AvgIpc) is 3.21. The quantitative estimate of drug-likeness (QED) is 0.697. The third-order valence-electron chi connectivity index (χ3n) is 4.11. The molecule has 23 heavy (non-hydrogen) atoms. The summed E-state index contributed by atoms with van der Waals surface area (Å²) < 4.78 is 5.31. The van der Waals surface area contributed by atoms with Gasteiger partial charge in [0.2, 0.25) is 5.91 Å². The normalized spacial score (nSPS) is 12.4. The van der Waals surface area contributed by atoms with Crippen LogP contribution in [0.15, 0.2) is 53.3 Å². The number of aromatic amines is 1. The van der Waals surface area contributed by atoms with Crippen LogP contribution in [0.5, 0.6) is 0 Å². The molecule has 4 heteroatoms. The second kappa shape index (κ2) is 7.18. The van der Waals surface area contributed by atoms with E-state index in [0.717, 1.165) is 30.5 Å². The van der Waals surface area contributed by atoms with Gasteiger partial charge in [-0.3, -0.25) is 4.79 Å². The van der Waals surface area contributed by atoms with E-state index in [-0.39, 0.29) is 11.9 Å².